The molecule has 28 heavy (non-hydrogen) atoms. The molecule has 1 aromatic rings. The van der Waals surface area contributed by atoms with E-state index in [1.54, 1.807) is 0 Å². The fraction of sp³-hybridized carbons (Fsp3) is 0.500. The van der Waals surface area contributed by atoms with Crippen LogP contribution in [-0.4, -0.2) is 22.4 Å². The van der Waals surface area contributed by atoms with Gasteiger partial charge >= 0.3 is 12.6 Å². The average molecular weight is 398 g/mol. The molecule has 4 aliphatic carbocycles. The molecule has 2 saturated carbocycles. The van der Waals surface area contributed by atoms with E-state index in [2.05, 4.69) is 0 Å². The summed E-state index contributed by atoms with van der Waals surface area (Å²) >= 11 is 0. The molecule has 0 radical (unpaired) electrons. The third-order valence-electron chi connectivity index (χ3n) is 7.51. The second-order valence-corrected chi connectivity index (χ2v) is 8.43. The van der Waals surface area contributed by atoms with E-state index in [-0.39, 0.29) is 44.9 Å². The number of halogens is 6. The number of nitrogens with zero attached hydrogens (tertiary/aromatic N) is 2. The Labute approximate surface area is 157 Å². The van der Waals surface area contributed by atoms with Crippen molar-refractivity contribution in [1.29, 1.82) is 0 Å². The first-order valence-corrected chi connectivity index (χ1v) is 9.41. The van der Waals surface area contributed by atoms with Crippen molar-refractivity contribution in [3.63, 3.8) is 0 Å². The standard InChI is InChI=1S/C20H16F6N2/c21-19(22,23)27-5-6-28(20(24,25)26)18-14-8-13(17(18)27)15-11-7-12(16(14)15)10-4-2-1-3-9(10)11/h1-6,11-16H,7-8H2. The third-order valence-corrected chi connectivity index (χ3v) is 7.51. The number of allylic oxidation sites excluding steroid dienone is 2. The molecular weight excluding hydrogens is 382 g/mol. The number of benzene rings is 1. The van der Waals surface area contributed by atoms with Crippen LogP contribution in [-0.2, 0) is 0 Å². The van der Waals surface area contributed by atoms with E-state index >= 15 is 0 Å². The van der Waals surface area contributed by atoms with Gasteiger partial charge in [-0.25, -0.2) is 0 Å². The third kappa shape index (κ3) is 1.86. The molecule has 2 fully saturated rings. The van der Waals surface area contributed by atoms with Gasteiger partial charge in [0.1, 0.15) is 0 Å². The maximum absolute atomic E-state index is 13.6. The molecule has 5 aliphatic rings. The number of fused-ring (bicyclic) bond motifs is 14. The molecule has 1 heterocycles. The van der Waals surface area contributed by atoms with Gasteiger partial charge in [0.2, 0.25) is 0 Å². The minimum absolute atomic E-state index is 0.00455. The summed E-state index contributed by atoms with van der Waals surface area (Å²) in [5, 5.41) is 0. The van der Waals surface area contributed by atoms with E-state index in [1.165, 1.54) is 11.1 Å². The van der Waals surface area contributed by atoms with Crippen molar-refractivity contribution >= 4 is 0 Å². The Morgan fingerprint density at radius 3 is 1.43 bits per heavy atom. The van der Waals surface area contributed by atoms with Gasteiger partial charge in [-0.2, -0.15) is 0 Å². The first-order chi connectivity index (χ1) is 13.2. The van der Waals surface area contributed by atoms with E-state index in [9.17, 15) is 26.3 Å². The van der Waals surface area contributed by atoms with Gasteiger partial charge in [-0.15, -0.1) is 26.3 Å². The van der Waals surface area contributed by atoms with Gasteiger partial charge in [0.25, 0.3) is 0 Å². The van der Waals surface area contributed by atoms with Crippen LogP contribution >= 0.6 is 0 Å². The molecule has 4 bridgehead atoms. The van der Waals surface area contributed by atoms with Crippen molar-refractivity contribution in [1.82, 2.24) is 9.80 Å². The Balaban J connectivity index is 1.50. The van der Waals surface area contributed by atoms with E-state index in [0.717, 1.165) is 6.42 Å². The molecule has 0 aromatic heterocycles. The average Bonchev–Trinajstić information content (AvgIpc) is 3.35. The molecule has 6 rings (SSSR count). The zero-order chi connectivity index (χ0) is 19.6. The van der Waals surface area contributed by atoms with Crippen LogP contribution in [0.2, 0.25) is 0 Å². The van der Waals surface area contributed by atoms with Crippen LogP contribution in [0.25, 0.3) is 0 Å². The minimum Gasteiger partial charge on any atom is -0.260 e. The largest absolute Gasteiger partial charge is 0.488 e. The second kappa shape index (κ2) is 4.89. The highest BCUT2D eigenvalue weighted by atomic mass is 19.4. The van der Waals surface area contributed by atoms with Gasteiger partial charge in [-0.1, -0.05) is 24.3 Å². The van der Waals surface area contributed by atoms with Gasteiger partial charge in [0.15, 0.2) is 0 Å². The van der Waals surface area contributed by atoms with Gasteiger partial charge < -0.3 is 0 Å². The summed E-state index contributed by atoms with van der Waals surface area (Å²) in [5.74, 6) is -0.675. The molecule has 1 aliphatic heterocycles. The summed E-state index contributed by atoms with van der Waals surface area (Å²) in [6.45, 7) is 0. The lowest BCUT2D eigenvalue weighted by Gasteiger charge is -2.45. The SMILES string of the molecule is FC(F)(F)N1C=CN(C(F)(F)F)C2=C1C1CC2C2C3CC(c4ccccc43)C12. The number of alkyl halides is 6. The topological polar surface area (TPSA) is 6.48 Å². The Hall–Kier alpha value is -2.12. The quantitative estimate of drug-likeness (QED) is 0.324. The summed E-state index contributed by atoms with van der Waals surface area (Å²) in [5.41, 5.74) is 2.01. The molecule has 6 atom stereocenters. The number of hydrogen-bond acceptors (Lipinski definition) is 2. The number of hydrogen-bond donors (Lipinski definition) is 0. The molecule has 0 spiro atoms. The van der Waals surface area contributed by atoms with Crippen LogP contribution in [0.1, 0.15) is 35.8 Å². The lowest BCUT2D eigenvalue weighted by Crippen LogP contribution is -2.47. The summed E-state index contributed by atoms with van der Waals surface area (Å²) in [7, 11) is 0. The summed E-state index contributed by atoms with van der Waals surface area (Å²) in [6, 6.07) is 7.93. The highest BCUT2D eigenvalue weighted by Gasteiger charge is 2.67. The van der Waals surface area contributed by atoms with Crippen molar-refractivity contribution in [2.45, 2.75) is 37.3 Å². The first-order valence-electron chi connectivity index (χ1n) is 9.41. The molecule has 0 saturated heterocycles. The zero-order valence-corrected chi connectivity index (χ0v) is 14.5. The van der Waals surface area contributed by atoms with Crippen LogP contribution in [0.5, 0.6) is 0 Å². The zero-order valence-electron chi connectivity index (χ0n) is 14.5. The van der Waals surface area contributed by atoms with E-state index in [0.29, 0.717) is 18.8 Å². The predicted molar refractivity (Wildman–Crippen MR) is 87.1 cm³/mol. The summed E-state index contributed by atoms with van der Waals surface area (Å²) < 4.78 is 81.8. The molecule has 0 N–H and O–H groups in total. The van der Waals surface area contributed by atoms with Crippen molar-refractivity contribution < 1.29 is 26.3 Å². The molecule has 8 heteroatoms. The normalized spacial score (nSPS) is 37.6. The van der Waals surface area contributed by atoms with Crippen LogP contribution in [0.3, 0.4) is 0 Å². The van der Waals surface area contributed by atoms with Crippen molar-refractivity contribution in [2.24, 2.45) is 23.7 Å². The monoisotopic (exact) mass is 398 g/mol. The fourth-order valence-electron chi connectivity index (χ4n) is 6.97. The second-order valence-electron chi connectivity index (χ2n) is 8.43. The Kier molecular flexibility index (Phi) is 2.93. The lowest BCUT2D eigenvalue weighted by molar-refractivity contribution is -0.237. The van der Waals surface area contributed by atoms with Crippen LogP contribution in [0.15, 0.2) is 48.1 Å². The van der Waals surface area contributed by atoms with Gasteiger partial charge in [-0.05, 0) is 47.6 Å². The van der Waals surface area contributed by atoms with Crippen molar-refractivity contribution in [2.75, 3.05) is 0 Å². The van der Waals surface area contributed by atoms with Gasteiger partial charge in [-0.3, -0.25) is 9.80 Å². The predicted octanol–water partition coefficient (Wildman–Crippen LogP) is 5.49. The minimum atomic E-state index is -4.73. The Morgan fingerprint density at radius 2 is 1.04 bits per heavy atom. The van der Waals surface area contributed by atoms with Crippen molar-refractivity contribution in [3.8, 4) is 0 Å². The molecule has 2 nitrogen and oxygen atoms in total. The first kappa shape index (κ1) is 16.8. The Morgan fingerprint density at radius 1 is 0.643 bits per heavy atom. The molecule has 0 amide bonds. The number of rotatable bonds is 0. The smallest absolute Gasteiger partial charge is 0.260 e. The van der Waals surface area contributed by atoms with Crippen LogP contribution < -0.4 is 0 Å². The van der Waals surface area contributed by atoms with Gasteiger partial charge in [0.05, 0.1) is 0 Å². The molecule has 6 unspecified atom stereocenters. The molecule has 148 valence electrons. The molecular formula is C20H16F6N2. The van der Waals surface area contributed by atoms with E-state index in [4.69, 9.17) is 0 Å². The summed E-state index contributed by atoms with van der Waals surface area (Å²) in [4.78, 5) is 0.257. The van der Waals surface area contributed by atoms with Gasteiger partial charge in [0, 0.05) is 35.6 Å². The van der Waals surface area contributed by atoms with Crippen LogP contribution in [0, 0.1) is 23.7 Å². The lowest BCUT2D eigenvalue weighted by atomic mass is 9.69. The highest BCUT2D eigenvalue weighted by molar-refractivity contribution is 5.49. The molecule has 1 aromatic carbocycles. The highest BCUT2D eigenvalue weighted by Crippen LogP contribution is 2.73. The summed E-state index contributed by atoms with van der Waals surface area (Å²) in [6.07, 6.45) is -7.18. The maximum Gasteiger partial charge on any atom is 0.488 e. The van der Waals surface area contributed by atoms with E-state index < -0.39 is 24.4 Å². The Bertz CT molecular complexity index is 858. The fourth-order valence-corrected chi connectivity index (χ4v) is 6.97. The van der Waals surface area contributed by atoms with Crippen molar-refractivity contribution in [3.05, 3.63) is 59.2 Å². The van der Waals surface area contributed by atoms with Crippen LogP contribution in [0.4, 0.5) is 26.3 Å². The maximum atomic E-state index is 13.6. The van der Waals surface area contributed by atoms with E-state index in [1.807, 2.05) is 24.3 Å².